The van der Waals surface area contributed by atoms with Gasteiger partial charge in [-0.3, -0.25) is 0 Å². The molecule has 0 unspecified atom stereocenters. The molecule has 0 aromatic carbocycles. The normalized spacial score (nSPS) is 13.6. The van der Waals surface area contributed by atoms with Crippen molar-refractivity contribution in [2.24, 2.45) is 0 Å². The van der Waals surface area contributed by atoms with Crippen molar-refractivity contribution < 1.29 is 22.0 Å². The van der Waals surface area contributed by atoms with Crippen LogP contribution in [-0.4, -0.2) is 25.2 Å². The Kier molecular flexibility index (Phi) is 3.22. The van der Waals surface area contributed by atoms with E-state index in [4.69, 9.17) is 0 Å². The van der Waals surface area contributed by atoms with Crippen molar-refractivity contribution in [3.8, 4) is 0 Å². The van der Waals surface area contributed by atoms with E-state index in [9.17, 15) is 22.0 Å². The van der Waals surface area contributed by atoms with Crippen molar-refractivity contribution in [3.05, 3.63) is 0 Å². The minimum Gasteiger partial charge on any atom is -0.303 e. The van der Waals surface area contributed by atoms with Gasteiger partial charge in [0, 0.05) is 6.92 Å². The first kappa shape index (κ1) is 10.6. The van der Waals surface area contributed by atoms with E-state index in [0.29, 0.717) is 6.92 Å². The van der Waals surface area contributed by atoms with E-state index in [0.717, 1.165) is 0 Å². The van der Waals surface area contributed by atoms with Gasteiger partial charge in [0.2, 0.25) is 0 Å². The van der Waals surface area contributed by atoms with Gasteiger partial charge in [0.25, 0.3) is 5.92 Å². The minimum atomic E-state index is -4.43. The lowest BCUT2D eigenvalue weighted by Crippen LogP contribution is -2.36. The van der Waals surface area contributed by atoms with E-state index >= 15 is 0 Å². The van der Waals surface area contributed by atoms with Gasteiger partial charge < -0.3 is 5.32 Å². The standard InChI is InChI=1S/C5H8F5N/c1-4(6,7)2-11-3-5(8,9)10/h11H,2-3H2,1H3. The number of rotatable bonds is 3. The van der Waals surface area contributed by atoms with Crippen molar-refractivity contribution in [1.82, 2.24) is 5.32 Å². The summed E-state index contributed by atoms with van der Waals surface area (Å²) in [6, 6.07) is 0. The fourth-order valence-electron chi connectivity index (χ4n) is 0.424. The van der Waals surface area contributed by atoms with Crippen molar-refractivity contribution >= 4 is 0 Å². The van der Waals surface area contributed by atoms with Crippen LogP contribution in [0.3, 0.4) is 0 Å². The van der Waals surface area contributed by atoms with Crippen molar-refractivity contribution in [2.75, 3.05) is 13.1 Å². The number of alkyl halides is 5. The molecule has 0 aliphatic rings. The summed E-state index contributed by atoms with van der Waals surface area (Å²) < 4.78 is 57.7. The summed E-state index contributed by atoms with van der Waals surface area (Å²) in [5.41, 5.74) is 0. The Morgan fingerprint density at radius 3 is 1.73 bits per heavy atom. The van der Waals surface area contributed by atoms with Crippen LogP contribution >= 0.6 is 0 Å². The molecule has 0 radical (unpaired) electrons. The first-order valence-corrected chi connectivity index (χ1v) is 2.86. The number of hydrogen-bond acceptors (Lipinski definition) is 1. The number of nitrogens with one attached hydrogen (secondary N) is 1. The van der Waals surface area contributed by atoms with E-state index < -0.39 is 25.2 Å². The minimum absolute atomic E-state index is 0.552. The highest BCUT2D eigenvalue weighted by Crippen LogP contribution is 2.14. The van der Waals surface area contributed by atoms with Crippen LogP contribution in [0.4, 0.5) is 22.0 Å². The van der Waals surface area contributed by atoms with Crippen molar-refractivity contribution in [1.29, 1.82) is 0 Å². The molecule has 0 spiro atoms. The maximum Gasteiger partial charge on any atom is 0.401 e. The summed E-state index contributed by atoms with van der Waals surface area (Å²) in [6.45, 7) is -1.78. The average Bonchev–Trinajstić information content (AvgIpc) is 1.55. The molecule has 0 heterocycles. The predicted molar refractivity (Wildman–Crippen MR) is 29.5 cm³/mol. The van der Waals surface area contributed by atoms with Crippen LogP contribution in [-0.2, 0) is 0 Å². The molecule has 68 valence electrons. The first-order valence-electron chi connectivity index (χ1n) is 2.86. The Balaban J connectivity index is 3.44. The summed E-state index contributed by atoms with van der Waals surface area (Å²) in [5, 5.41) is 1.59. The maximum absolute atomic E-state index is 11.9. The lowest BCUT2D eigenvalue weighted by Gasteiger charge is -2.12. The molecule has 6 heteroatoms. The predicted octanol–water partition coefficient (Wildman–Crippen LogP) is 1.79. The van der Waals surface area contributed by atoms with Crippen LogP contribution in [0.5, 0.6) is 0 Å². The highest BCUT2D eigenvalue weighted by atomic mass is 19.4. The molecule has 0 fully saturated rings. The molecule has 1 nitrogen and oxygen atoms in total. The smallest absolute Gasteiger partial charge is 0.303 e. The quantitative estimate of drug-likeness (QED) is 0.648. The Morgan fingerprint density at radius 2 is 1.45 bits per heavy atom. The lowest BCUT2D eigenvalue weighted by molar-refractivity contribution is -0.127. The molecule has 0 amide bonds. The van der Waals surface area contributed by atoms with Crippen LogP contribution in [0, 0.1) is 0 Å². The van der Waals surface area contributed by atoms with E-state index in [-0.39, 0.29) is 0 Å². The van der Waals surface area contributed by atoms with Crippen LogP contribution < -0.4 is 5.32 Å². The zero-order chi connectivity index (χ0) is 9.12. The summed E-state index contributed by atoms with van der Waals surface area (Å²) in [6.07, 6.45) is -4.43. The second-order valence-electron chi connectivity index (χ2n) is 2.29. The van der Waals surface area contributed by atoms with Crippen LogP contribution in [0.2, 0.25) is 0 Å². The third-order valence-corrected chi connectivity index (χ3v) is 0.761. The molecular formula is C5H8F5N. The van der Waals surface area contributed by atoms with Crippen LogP contribution in [0.25, 0.3) is 0 Å². The summed E-state index contributed by atoms with van der Waals surface area (Å²) in [4.78, 5) is 0. The van der Waals surface area contributed by atoms with Gasteiger partial charge in [0.1, 0.15) is 0 Å². The summed E-state index contributed by atoms with van der Waals surface area (Å²) in [5.74, 6) is -3.09. The monoisotopic (exact) mass is 177 g/mol. The van der Waals surface area contributed by atoms with Gasteiger partial charge in [0.15, 0.2) is 0 Å². The maximum atomic E-state index is 11.9. The van der Waals surface area contributed by atoms with Crippen LogP contribution in [0.1, 0.15) is 6.92 Å². The Labute approximate surface area is 60.6 Å². The Bertz CT molecular complexity index is 99.0. The van der Waals surface area contributed by atoms with E-state index in [1.54, 1.807) is 5.32 Å². The second-order valence-corrected chi connectivity index (χ2v) is 2.29. The van der Waals surface area contributed by atoms with Gasteiger partial charge in [-0.2, -0.15) is 13.2 Å². The highest BCUT2D eigenvalue weighted by Gasteiger charge is 2.29. The van der Waals surface area contributed by atoms with Gasteiger partial charge in [-0.25, -0.2) is 8.78 Å². The average molecular weight is 177 g/mol. The van der Waals surface area contributed by atoms with Gasteiger partial charge in [0.05, 0.1) is 13.1 Å². The van der Waals surface area contributed by atoms with E-state index in [1.807, 2.05) is 0 Å². The largest absolute Gasteiger partial charge is 0.401 e. The molecule has 0 aromatic rings. The Morgan fingerprint density at radius 1 is 1.00 bits per heavy atom. The fraction of sp³-hybridized carbons (Fsp3) is 1.00. The SMILES string of the molecule is CC(F)(F)CNCC(F)(F)F. The molecule has 1 N–H and O–H groups in total. The van der Waals surface area contributed by atoms with Gasteiger partial charge >= 0.3 is 6.18 Å². The molecule has 0 aromatic heterocycles. The van der Waals surface area contributed by atoms with Crippen molar-refractivity contribution in [2.45, 2.75) is 19.0 Å². The molecule has 0 saturated heterocycles. The molecule has 0 atom stereocenters. The second kappa shape index (κ2) is 3.34. The summed E-state index contributed by atoms with van der Waals surface area (Å²) >= 11 is 0. The van der Waals surface area contributed by atoms with E-state index in [1.165, 1.54) is 0 Å². The lowest BCUT2D eigenvalue weighted by atomic mass is 10.4. The fourth-order valence-corrected chi connectivity index (χ4v) is 0.424. The van der Waals surface area contributed by atoms with Gasteiger partial charge in [-0.05, 0) is 0 Å². The van der Waals surface area contributed by atoms with Crippen LogP contribution in [0.15, 0.2) is 0 Å². The third kappa shape index (κ3) is 9.61. The molecular weight excluding hydrogens is 169 g/mol. The highest BCUT2D eigenvalue weighted by molar-refractivity contribution is 4.64. The van der Waals surface area contributed by atoms with Gasteiger partial charge in [-0.1, -0.05) is 0 Å². The Hall–Kier alpha value is -0.390. The molecule has 0 aliphatic carbocycles. The summed E-state index contributed by atoms with van der Waals surface area (Å²) in [7, 11) is 0. The molecule has 0 aliphatic heterocycles. The zero-order valence-electron chi connectivity index (χ0n) is 5.80. The first-order chi connectivity index (χ1) is 4.71. The molecule has 0 rings (SSSR count). The topological polar surface area (TPSA) is 12.0 Å². The third-order valence-electron chi connectivity index (χ3n) is 0.761. The van der Waals surface area contributed by atoms with E-state index in [2.05, 4.69) is 0 Å². The van der Waals surface area contributed by atoms with Gasteiger partial charge in [-0.15, -0.1) is 0 Å². The molecule has 0 bridgehead atoms. The molecule has 11 heavy (non-hydrogen) atoms. The zero-order valence-corrected chi connectivity index (χ0v) is 5.80. The number of hydrogen-bond donors (Lipinski definition) is 1. The van der Waals surface area contributed by atoms with Crippen molar-refractivity contribution in [3.63, 3.8) is 0 Å². The number of halogens is 5. The molecule has 0 saturated carbocycles.